The fraction of sp³-hybridized carbons (Fsp3) is 0.208. The second-order valence-corrected chi connectivity index (χ2v) is 8.96. The Bertz CT molecular complexity index is 1070. The van der Waals surface area contributed by atoms with Crippen molar-refractivity contribution in [3.05, 3.63) is 85.8 Å². The molecule has 0 radical (unpaired) electrons. The average molecular weight is 575 g/mol. The Balaban J connectivity index is 1.40. The first-order valence-corrected chi connectivity index (χ1v) is 11.8. The van der Waals surface area contributed by atoms with Crippen molar-refractivity contribution in [3.63, 3.8) is 0 Å². The summed E-state index contributed by atoms with van der Waals surface area (Å²) in [4.78, 5) is 12.2. The average Bonchev–Trinajstić information content (AvgIpc) is 2.80. The summed E-state index contributed by atoms with van der Waals surface area (Å²) in [6, 6.07) is 17.6. The highest BCUT2D eigenvalue weighted by Gasteiger charge is 2.16. The number of esters is 1. The summed E-state index contributed by atoms with van der Waals surface area (Å²) in [6.07, 6.45) is -0.785. The molecule has 174 valence electrons. The monoisotopic (exact) mass is 572 g/mol. The van der Waals surface area contributed by atoms with Crippen LogP contribution in [0.2, 0.25) is 15.1 Å². The van der Waals surface area contributed by atoms with Gasteiger partial charge < -0.3 is 18.9 Å². The summed E-state index contributed by atoms with van der Waals surface area (Å²) in [5.74, 6) is 1.17. The first-order chi connectivity index (χ1) is 15.8. The van der Waals surface area contributed by atoms with Crippen molar-refractivity contribution in [2.75, 3.05) is 13.2 Å². The van der Waals surface area contributed by atoms with Crippen LogP contribution in [0.1, 0.15) is 12.5 Å². The fourth-order valence-electron chi connectivity index (χ4n) is 2.64. The molecule has 0 heterocycles. The Morgan fingerprint density at radius 2 is 1.55 bits per heavy atom. The molecule has 3 rings (SSSR count). The molecule has 0 aliphatic rings. The first kappa shape index (κ1) is 25.5. The van der Waals surface area contributed by atoms with Crippen LogP contribution in [0.15, 0.2) is 65.1 Å². The Labute approximate surface area is 215 Å². The summed E-state index contributed by atoms with van der Waals surface area (Å²) in [5, 5.41) is 1.52. The van der Waals surface area contributed by atoms with E-state index in [9.17, 15) is 4.79 Å². The molecule has 3 aromatic rings. The van der Waals surface area contributed by atoms with E-state index >= 15 is 0 Å². The van der Waals surface area contributed by atoms with E-state index < -0.39 is 12.1 Å². The van der Waals surface area contributed by atoms with Gasteiger partial charge in [0.15, 0.2) is 6.10 Å². The molecule has 0 aliphatic carbocycles. The predicted octanol–water partition coefficient (Wildman–Crippen LogP) is 7.38. The highest BCUT2D eigenvalue weighted by atomic mass is 79.9. The Morgan fingerprint density at radius 1 is 0.879 bits per heavy atom. The van der Waals surface area contributed by atoms with Gasteiger partial charge in [-0.1, -0.05) is 46.9 Å². The molecular weight excluding hydrogens is 555 g/mol. The number of carbonyl (C=O) groups excluding carboxylic acids is 1. The second-order valence-electron chi connectivity index (χ2n) is 6.86. The van der Waals surface area contributed by atoms with E-state index in [1.165, 1.54) is 0 Å². The molecule has 1 unspecified atom stereocenters. The normalized spacial score (nSPS) is 11.5. The molecule has 0 bridgehead atoms. The quantitative estimate of drug-likeness (QED) is 0.144. The maximum absolute atomic E-state index is 12.2. The van der Waals surface area contributed by atoms with Crippen LogP contribution < -0.4 is 14.2 Å². The van der Waals surface area contributed by atoms with E-state index in [0.29, 0.717) is 37.6 Å². The zero-order valence-electron chi connectivity index (χ0n) is 17.5. The van der Waals surface area contributed by atoms with Crippen molar-refractivity contribution >= 4 is 56.7 Å². The second kappa shape index (κ2) is 12.4. The maximum Gasteiger partial charge on any atom is 0.347 e. The van der Waals surface area contributed by atoms with Gasteiger partial charge in [0.25, 0.3) is 0 Å². The van der Waals surface area contributed by atoms with Gasteiger partial charge in [-0.15, -0.1) is 0 Å². The zero-order valence-corrected chi connectivity index (χ0v) is 21.4. The van der Waals surface area contributed by atoms with E-state index in [-0.39, 0.29) is 13.2 Å². The van der Waals surface area contributed by atoms with Crippen LogP contribution in [0.4, 0.5) is 0 Å². The van der Waals surface area contributed by atoms with E-state index in [4.69, 9.17) is 53.8 Å². The van der Waals surface area contributed by atoms with E-state index in [1.807, 2.05) is 12.1 Å². The van der Waals surface area contributed by atoms with Gasteiger partial charge in [-0.2, -0.15) is 0 Å². The van der Waals surface area contributed by atoms with Gasteiger partial charge in [0, 0.05) is 15.6 Å². The smallest absolute Gasteiger partial charge is 0.347 e. The van der Waals surface area contributed by atoms with Crippen LogP contribution >= 0.6 is 50.7 Å². The molecule has 0 aromatic heterocycles. The van der Waals surface area contributed by atoms with E-state index in [1.54, 1.807) is 55.5 Å². The van der Waals surface area contributed by atoms with Crippen molar-refractivity contribution in [1.82, 2.24) is 0 Å². The minimum Gasteiger partial charge on any atom is -0.489 e. The van der Waals surface area contributed by atoms with Crippen LogP contribution in [-0.2, 0) is 16.1 Å². The van der Waals surface area contributed by atoms with Crippen molar-refractivity contribution in [1.29, 1.82) is 0 Å². The van der Waals surface area contributed by atoms with Crippen molar-refractivity contribution in [2.45, 2.75) is 19.6 Å². The third-order valence-electron chi connectivity index (χ3n) is 4.35. The number of benzene rings is 3. The number of hydrogen-bond donors (Lipinski definition) is 0. The van der Waals surface area contributed by atoms with Crippen LogP contribution in [0, 0.1) is 0 Å². The van der Waals surface area contributed by atoms with Crippen LogP contribution in [0.3, 0.4) is 0 Å². The Morgan fingerprint density at radius 3 is 2.24 bits per heavy atom. The lowest BCUT2D eigenvalue weighted by molar-refractivity contribution is -0.151. The maximum atomic E-state index is 12.2. The standard InChI is InChI=1S/C24H20BrCl3O5/c1-15(24(29)31-11-10-30-23-13-21(27)20(25)12-22(23)28)33-19-6-2-16(3-7-19)14-32-18-8-4-17(26)5-9-18/h2-9,12-13,15H,10-11,14H2,1H3. The summed E-state index contributed by atoms with van der Waals surface area (Å²) < 4.78 is 22.8. The van der Waals surface area contributed by atoms with Gasteiger partial charge >= 0.3 is 5.97 Å². The van der Waals surface area contributed by atoms with Gasteiger partial charge in [0.2, 0.25) is 0 Å². The zero-order chi connectivity index (χ0) is 23.8. The van der Waals surface area contributed by atoms with E-state index in [2.05, 4.69) is 15.9 Å². The van der Waals surface area contributed by atoms with Crippen molar-refractivity contribution < 1.29 is 23.7 Å². The molecular formula is C24H20BrCl3O5. The van der Waals surface area contributed by atoms with Crippen LogP contribution in [-0.4, -0.2) is 25.3 Å². The highest BCUT2D eigenvalue weighted by Crippen LogP contribution is 2.34. The van der Waals surface area contributed by atoms with Crippen LogP contribution in [0.25, 0.3) is 0 Å². The minimum absolute atomic E-state index is 0.0392. The molecule has 9 heteroatoms. The summed E-state index contributed by atoms with van der Waals surface area (Å²) in [6.45, 7) is 2.18. The lowest BCUT2D eigenvalue weighted by Crippen LogP contribution is -2.27. The largest absolute Gasteiger partial charge is 0.489 e. The number of rotatable bonds is 10. The summed E-state index contributed by atoms with van der Waals surface area (Å²) >= 11 is 21.3. The lowest BCUT2D eigenvalue weighted by atomic mass is 10.2. The van der Waals surface area contributed by atoms with Gasteiger partial charge in [-0.25, -0.2) is 4.79 Å². The van der Waals surface area contributed by atoms with Gasteiger partial charge in [-0.05, 0) is 70.9 Å². The fourth-order valence-corrected chi connectivity index (χ4v) is 3.61. The van der Waals surface area contributed by atoms with Gasteiger partial charge in [0.05, 0.1) is 10.0 Å². The molecule has 5 nitrogen and oxygen atoms in total. The van der Waals surface area contributed by atoms with Crippen LogP contribution in [0.5, 0.6) is 17.2 Å². The minimum atomic E-state index is -0.785. The van der Waals surface area contributed by atoms with Crippen molar-refractivity contribution in [2.24, 2.45) is 0 Å². The number of ether oxygens (including phenoxy) is 4. The van der Waals surface area contributed by atoms with E-state index in [0.717, 1.165) is 11.3 Å². The number of halogens is 4. The Kier molecular flexibility index (Phi) is 9.56. The predicted molar refractivity (Wildman–Crippen MR) is 133 cm³/mol. The summed E-state index contributed by atoms with van der Waals surface area (Å²) in [5.41, 5.74) is 0.955. The molecule has 0 fully saturated rings. The molecule has 0 saturated carbocycles. The molecule has 1 atom stereocenters. The molecule has 0 amide bonds. The Hall–Kier alpha value is -2.12. The molecule has 33 heavy (non-hydrogen) atoms. The number of hydrogen-bond acceptors (Lipinski definition) is 5. The highest BCUT2D eigenvalue weighted by molar-refractivity contribution is 9.10. The molecule has 3 aromatic carbocycles. The topological polar surface area (TPSA) is 54.0 Å². The first-order valence-electron chi connectivity index (χ1n) is 9.90. The molecule has 0 N–H and O–H groups in total. The SMILES string of the molecule is CC(Oc1ccc(COc2ccc(Cl)cc2)cc1)C(=O)OCCOc1cc(Cl)c(Br)cc1Cl. The number of carbonyl (C=O) groups is 1. The van der Waals surface area contributed by atoms with Crippen molar-refractivity contribution in [3.8, 4) is 17.2 Å². The third kappa shape index (κ3) is 8.00. The summed E-state index contributed by atoms with van der Waals surface area (Å²) in [7, 11) is 0. The molecule has 0 aliphatic heterocycles. The lowest BCUT2D eigenvalue weighted by Gasteiger charge is -2.15. The third-order valence-corrected chi connectivity index (χ3v) is 6.09. The van der Waals surface area contributed by atoms with Gasteiger partial charge in [0.1, 0.15) is 37.1 Å². The molecule has 0 saturated heterocycles. The van der Waals surface area contributed by atoms with Gasteiger partial charge in [-0.3, -0.25) is 0 Å². The molecule has 0 spiro atoms.